The summed E-state index contributed by atoms with van der Waals surface area (Å²) in [6.07, 6.45) is 6.32. The zero-order valence-electron chi connectivity index (χ0n) is 12.6. The number of rotatable bonds is 6. The highest BCUT2D eigenvalue weighted by Gasteiger charge is 2.24. The Morgan fingerprint density at radius 3 is 3.00 bits per heavy atom. The number of likely N-dealkylation sites (tertiary alicyclic amines) is 1. The molecular weight excluding hydrogens is 280 g/mol. The smallest absolute Gasteiger partial charge is 0.120 e. The highest BCUT2D eigenvalue weighted by molar-refractivity contribution is 7.10. The van der Waals surface area contributed by atoms with Gasteiger partial charge in [0.2, 0.25) is 0 Å². The number of piperidine rings is 1. The number of hydrogen-bond donors (Lipinski definition) is 2. The van der Waals surface area contributed by atoms with Crippen LogP contribution < -0.4 is 5.32 Å². The molecule has 0 radical (unpaired) electrons. The van der Waals surface area contributed by atoms with Crippen LogP contribution >= 0.6 is 11.3 Å². The van der Waals surface area contributed by atoms with E-state index in [2.05, 4.69) is 44.6 Å². The Hall–Kier alpha value is -1.17. The third kappa shape index (κ3) is 3.93. The van der Waals surface area contributed by atoms with Crippen molar-refractivity contribution < 1.29 is 0 Å². The van der Waals surface area contributed by atoms with E-state index in [0.29, 0.717) is 6.04 Å². The summed E-state index contributed by atoms with van der Waals surface area (Å²) in [6, 6.07) is 4.92. The minimum atomic E-state index is 0.493. The molecule has 0 spiro atoms. The van der Waals surface area contributed by atoms with E-state index < -0.39 is 0 Å². The van der Waals surface area contributed by atoms with Crippen LogP contribution in [0.1, 0.15) is 36.5 Å². The van der Waals surface area contributed by atoms with Crippen LogP contribution in [-0.4, -0.2) is 34.5 Å². The minimum Gasteiger partial charge on any atom is -0.348 e. The van der Waals surface area contributed by atoms with Gasteiger partial charge in [0.05, 0.1) is 12.6 Å². The van der Waals surface area contributed by atoms with E-state index in [-0.39, 0.29) is 0 Å². The van der Waals surface area contributed by atoms with Crippen molar-refractivity contribution in [1.82, 2.24) is 20.2 Å². The second-order valence-corrected chi connectivity index (χ2v) is 6.90. The minimum absolute atomic E-state index is 0.493. The maximum atomic E-state index is 4.27. The Bertz CT molecular complexity index is 500. The van der Waals surface area contributed by atoms with E-state index >= 15 is 0 Å². The van der Waals surface area contributed by atoms with Gasteiger partial charge >= 0.3 is 0 Å². The summed E-state index contributed by atoms with van der Waals surface area (Å²) in [7, 11) is 0. The molecule has 1 unspecified atom stereocenters. The van der Waals surface area contributed by atoms with Crippen LogP contribution in [-0.2, 0) is 6.54 Å². The second-order valence-electron chi connectivity index (χ2n) is 5.92. The lowest BCUT2D eigenvalue weighted by Crippen LogP contribution is -2.40. The molecule has 2 N–H and O–H groups in total. The molecule has 5 heteroatoms. The lowest BCUT2D eigenvalue weighted by molar-refractivity contribution is 0.137. The first kappa shape index (κ1) is 14.8. The summed E-state index contributed by atoms with van der Waals surface area (Å²) < 4.78 is 0. The van der Waals surface area contributed by atoms with Gasteiger partial charge in [0.25, 0.3) is 0 Å². The van der Waals surface area contributed by atoms with E-state index in [1.165, 1.54) is 30.8 Å². The molecule has 1 aliphatic rings. The molecule has 0 bridgehead atoms. The number of nitrogens with one attached hydrogen (secondary N) is 2. The molecule has 1 aliphatic heterocycles. The van der Waals surface area contributed by atoms with Crippen molar-refractivity contribution in [2.45, 2.75) is 32.4 Å². The van der Waals surface area contributed by atoms with Gasteiger partial charge in [-0.3, -0.25) is 4.90 Å². The summed E-state index contributed by atoms with van der Waals surface area (Å²) in [5.41, 5.74) is 0. The van der Waals surface area contributed by atoms with Crippen LogP contribution in [0.25, 0.3) is 0 Å². The molecule has 0 amide bonds. The van der Waals surface area contributed by atoms with Crippen LogP contribution in [0.15, 0.2) is 29.9 Å². The van der Waals surface area contributed by atoms with Crippen molar-refractivity contribution in [2.75, 3.05) is 19.6 Å². The average molecular weight is 304 g/mol. The third-order valence-corrected chi connectivity index (χ3v) is 5.29. The molecule has 0 saturated carbocycles. The maximum absolute atomic E-state index is 4.27. The van der Waals surface area contributed by atoms with Crippen molar-refractivity contribution in [3.63, 3.8) is 0 Å². The van der Waals surface area contributed by atoms with Crippen molar-refractivity contribution >= 4 is 11.3 Å². The monoisotopic (exact) mass is 304 g/mol. The van der Waals surface area contributed by atoms with E-state index in [4.69, 9.17) is 0 Å². The zero-order chi connectivity index (χ0) is 14.5. The summed E-state index contributed by atoms with van der Waals surface area (Å²) in [5.74, 6) is 1.88. The first-order valence-corrected chi connectivity index (χ1v) is 8.67. The summed E-state index contributed by atoms with van der Waals surface area (Å²) in [4.78, 5) is 11.5. The van der Waals surface area contributed by atoms with E-state index in [9.17, 15) is 0 Å². The van der Waals surface area contributed by atoms with Crippen LogP contribution in [0.4, 0.5) is 0 Å². The van der Waals surface area contributed by atoms with Crippen LogP contribution in [0.2, 0.25) is 0 Å². The standard InChI is InChI=1S/C16H24N4S/c1-13-4-8-20(9-5-13)14(15-3-2-10-21-15)11-17-12-16-18-6-7-19-16/h2-3,6-7,10,13-14,17H,4-5,8-9,11-12H2,1H3,(H,18,19). The highest BCUT2D eigenvalue weighted by Crippen LogP contribution is 2.29. The number of thiophene rings is 1. The van der Waals surface area contributed by atoms with Gasteiger partial charge in [0, 0.05) is 23.8 Å². The lowest BCUT2D eigenvalue weighted by atomic mass is 9.97. The molecule has 3 heterocycles. The van der Waals surface area contributed by atoms with Gasteiger partial charge in [-0.1, -0.05) is 13.0 Å². The fourth-order valence-electron chi connectivity index (χ4n) is 2.95. The van der Waals surface area contributed by atoms with Gasteiger partial charge in [-0.25, -0.2) is 4.98 Å². The van der Waals surface area contributed by atoms with Gasteiger partial charge in [0.15, 0.2) is 0 Å². The third-order valence-electron chi connectivity index (χ3n) is 4.32. The number of nitrogens with zero attached hydrogens (tertiary/aromatic N) is 2. The molecule has 3 rings (SSSR count). The van der Waals surface area contributed by atoms with Crippen molar-refractivity contribution in [3.8, 4) is 0 Å². The van der Waals surface area contributed by atoms with Crippen molar-refractivity contribution in [1.29, 1.82) is 0 Å². The maximum Gasteiger partial charge on any atom is 0.120 e. The van der Waals surface area contributed by atoms with Gasteiger partial charge in [-0.2, -0.15) is 0 Å². The van der Waals surface area contributed by atoms with E-state index in [1.807, 2.05) is 17.5 Å². The molecule has 1 atom stereocenters. The molecular formula is C16H24N4S. The molecule has 114 valence electrons. The first-order valence-electron chi connectivity index (χ1n) is 7.79. The van der Waals surface area contributed by atoms with Crippen molar-refractivity contribution in [2.24, 2.45) is 5.92 Å². The number of aromatic amines is 1. The molecule has 1 fully saturated rings. The topological polar surface area (TPSA) is 44.0 Å². The van der Waals surface area contributed by atoms with E-state index in [1.54, 1.807) is 6.20 Å². The molecule has 0 aromatic carbocycles. The quantitative estimate of drug-likeness (QED) is 0.862. The Kier molecular flexibility index (Phi) is 5.06. The molecule has 2 aromatic rings. The summed E-state index contributed by atoms with van der Waals surface area (Å²) in [6.45, 7) is 6.58. The predicted octanol–water partition coefficient (Wildman–Crippen LogP) is 3.03. The number of H-pyrrole nitrogens is 1. The fourth-order valence-corrected chi connectivity index (χ4v) is 3.81. The molecule has 4 nitrogen and oxygen atoms in total. The Balaban J connectivity index is 1.59. The van der Waals surface area contributed by atoms with E-state index in [0.717, 1.165) is 24.8 Å². The van der Waals surface area contributed by atoms with Crippen molar-refractivity contribution in [3.05, 3.63) is 40.6 Å². The van der Waals surface area contributed by atoms with Crippen LogP contribution in [0.3, 0.4) is 0 Å². The molecule has 1 saturated heterocycles. The molecule has 0 aliphatic carbocycles. The van der Waals surface area contributed by atoms with Crippen LogP contribution in [0.5, 0.6) is 0 Å². The zero-order valence-corrected chi connectivity index (χ0v) is 13.4. The summed E-state index contributed by atoms with van der Waals surface area (Å²) >= 11 is 1.87. The predicted molar refractivity (Wildman–Crippen MR) is 87.3 cm³/mol. The lowest BCUT2D eigenvalue weighted by Gasteiger charge is -2.36. The normalized spacial score (nSPS) is 18.9. The number of hydrogen-bond acceptors (Lipinski definition) is 4. The van der Waals surface area contributed by atoms with Gasteiger partial charge < -0.3 is 10.3 Å². The SMILES string of the molecule is CC1CCN(C(CNCc2ncc[nH]2)c2cccs2)CC1. The number of aromatic nitrogens is 2. The Labute approximate surface area is 130 Å². The highest BCUT2D eigenvalue weighted by atomic mass is 32.1. The molecule has 2 aromatic heterocycles. The number of imidazole rings is 1. The summed E-state index contributed by atoms with van der Waals surface area (Å²) in [5, 5.41) is 5.74. The Morgan fingerprint density at radius 2 is 2.33 bits per heavy atom. The largest absolute Gasteiger partial charge is 0.348 e. The van der Waals surface area contributed by atoms with Crippen LogP contribution in [0, 0.1) is 5.92 Å². The Morgan fingerprint density at radius 1 is 1.48 bits per heavy atom. The van der Waals surface area contributed by atoms with Gasteiger partial charge in [-0.15, -0.1) is 11.3 Å². The average Bonchev–Trinajstić information content (AvgIpc) is 3.18. The first-order chi connectivity index (χ1) is 10.3. The van der Waals surface area contributed by atoms with Gasteiger partial charge in [0.1, 0.15) is 5.82 Å². The molecule has 21 heavy (non-hydrogen) atoms. The van der Waals surface area contributed by atoms with Gasteiger partial charge in [-0.05, 0) is 43.3 Å². The fraction of sp³-hybridized carbons (Fsp3) is 0.562. The second kappa shape index (κ2) is 7.20.